The summed E-state index contributed by atoms with van der Waals surface area (Å²) in [4.78, 5) is 1.34. The van der Waals surface area contributed by atoms with Gasteiger partial charge in [-0.3, -0.25) is 0 Å². The van der Waals surface area contributed by atoms with Gasteiger partial charge in [-0.1, -0.05) is 34.1 Å². The number of nitrogens with one attached hydrogen (secondary N) is 1. The minimum absolute atomic E-state index is 0.278. The van der Waals surface area contributed by atoms with E-state index in [2.05, 4.69) is 51.6 Å². The Kier molecular flexibility index (Phi) is 4.00. The predicted molar refractivity (Wildman–Crippen MR) is 87.0 cm³/mol. The van der Waals surface area contributed by atoms with Crippen molar-refractivity contribution in [1.82, 2.24) is 0 Å². The van der Waals surface area contributed by atoms with Crippen molar-refractivity contribution in [1.29, 1.82) is 5.26 Å². The summed E-state index contributed by atoms with van der Waals surface area (Å²) < 4.78 is 0.930. The highest BCUT2D eigenvalue weighted by atomic mass is 79.9. The molecular weight excluding hydrogens is 332 g/mol. The van der Waals surface area contributed by atoms with Crippen molar-refractivity contribution in [3.05, 3.63) is 58.1 Å². The highest BCUT2D eigenvalue weighted by Crippen LogP contribution is 2.38. The van der Waals surface area contributed by atoms with Crippen molar-refractivity contribution in [2.75, 3.05) is 11.1 Å². The molecule has 1 aliphatic rings. The molecule has 1 N–H and O–H groups in total. The first-order chi connectivity index (χ1) is 9.78. The van der Waals surface area contributed by atoms with E-state index in [0.29, 0.717) is 5.56 Å². The third kappa shape index (κ3) is 2.70. The van der Waals surface area contributed by atoms with Crippen LogP contribution in [0.25, 0.3) is 0 Å². The van der Waals surface area contributed by atoms with Crippen LogP contribution in [0, 0.1) is 11.3 Å². The molecule has 0 radical (unpaired) electrons. The number of halogens is 1. The lowest BCUT2D eigenvalue weighted by molar-refractivity contribution is 0.728. The second kappa shape index (κ2) is 5.90. The summed E-state index contributed by atoms with van der Waals surface area (Å²) in [5.74, 6) is 1.10. The molecule has 0 fully saturated rings. The zero-order valence-corrected chi connectivity index (χ0v) is 13.2. The van der Waals surface area contributed by atoms with Gasteiger partial charge in [0.25, 0.3) is 0 Å². The van der Waals surface area contributed by atoms with Gasteiger partial charge in [0.2, 0.25) is 0 Å². The van der Waals surface area contributed by atoms with Gasteiger partial charge >= 0.3 is 0 Å². The van der Waals surface area contributed by atoms with Crippen LogP contribution in [0.5, 0.6) is 0 Å². The van der Waals surface area contributed by atoms with Crippen LogP contribution in [-0.2, 0) is 0 Å². The molecule has 2 aromatic rings. The van der Waals surface area contributed by atoms with Gasteiger partial charge in [-0.05, 0) is 36.2 Å². The van der Waals surface area contributed by atoms with Crippen molar-refractivity contribution in [2.24, 2.45) is 0 Å². The molecule has 1 unspecified atom stereocenters. The molecule has 0 aromatic heterocycles. The molecule has 100 valence electrons. The van der Waals surface area contributed by atoms with Gasteiger partial charge in [0.1, 0.15) is 6.07 Å². The SMILES string of the molecule is N#Cc1cc(Br)ccc1NC1CCSc2ccccc21. The standard InChI is InChI=1S/C16H13BrN2S/c17-12-5-6-14(11(9-12)10-18)19-15-7-8-20-16-4-2-1-3-13(15)16/h1-6,9,15,19H,7-8H2. The Hall–Kier alpha value is -1.44. The van der Waals surface area contributed by atoms with Crippen LogP contribution in [0.1, 0.15) is 23.6 Å². The van der Waals surface area contributed by atoms with Crippen molar-refractivity contribution >= 4 is 33.4 Å². The molecule has 3 rings (SSSR count). The summed E-state index contributed by atoms with van der Waals surface area (Å²) in [5.41, 5.74) is 2.91. The maximum Gasteiger partial charge on any atom is 0.101 e. The average Bonchev–Trinajstić information content (AvgIpc) is 2.49. The molecule has 0 saturated carbocycles. The quantitative estimate of drug-likeness (QED) is 0.835. The first-order valence-electron chi connectivity index (χ1n) is 6.46. The maximum atomic E-state index is 9.25. The number of hydrogen-bond acceptors (Lipinski definition) is 3. The molecule has 1 aliphatic heterocycles. The van der Waals surface area contributed by atoms with Gasteiger partial charge in [-0.25, -0.2) is 0 Å². The Morgan fingerprint density at radius 2 is 2.10 bits per heavy atom. The van der Waals surface area contributed by atoms with Gasteiger partial charge in [-0.15, -0.1) is 11.8 Å². The third-order valence-corrected chi connectivity index (χ3v) is 5.01. The van der Waals surface area contributed by atoms with E-state index in [4.69, 9.17) is 0 Å². The number of nitrogens with zero attached hydrogens (tertiary/aromatic N) is 1. The fourth-order valence-electron chi connectivity index (χ4n) is 2.41. The first kappa shape index (κ1) is 13.5. The van der Waals surface area contributed by atoms with Crippen molar-refractivity contribution in [2.45, 2.75) is 17.4 Å². The van der Waals surface area contributed by atoms with E-state index < -0.39 is 0 Å². The van der Waals surface area contributed by atoms with Gasteiger partial charge in [-0.2, -0.15) is 5.26 Å². The molecule has 0 spiro atoms. The van der Waals surface area contributed by atoms with E-state index >= 15 is 0 Å². The number of fused-ring (bicyclic) bond motifs is 1. The molecular formula is C16H13BrN2S. The van der Waals surface area contributed by atoms with Gasteiger partial charge < -0.3 is 5.32 Å². The summed E-state index contributed by atoms with van der Waals surface area (Å²) >= 11 is 5.31. The smallest absolute Gasteiger partial charge is 0.101 e. The number of anilines is 1. The lowest BCUT2D eigenvalue weighted by Gasteiger charge is -2.27. The number of nitriles is 1. The monoisotopic (exact) mass is 344 g/mol. The fraction of sp³-hybridized carbons (Fsp3) is 0.188. The Morgan fingerprint density at radius 3 is 2.95 bits per heavy atom. The normalized spacial score (nSPS) is 17.1. The largest absolute Gasteiger partial charge is 0.377 e. The number of benzene rings is 2. The first-order valence-corrected chi connectivity index (χ1v) is 8.23. The van der Waals surface area contributed by atoms with Crippen molar-refractivity contribution < 1.29 is 0 Å². The average molecular weight is 345 g/mol. The fourth-order valence-corrected chi connectivity index (χ4v) is 3.90. The molecule has 4 heteroatoms. The van der Waals surface area contributed by atoms with Crippen LogP contribution < -0.4 is 5.32 Å². The lowest BCUT2D eigenvalue weighted by Crippen LogP contribution is -2.16. The molecule has 0 saturated heterocycles. The molecule has 20 heavy (non-hydrogen) atoms. The highest BCUT2D eigenvalue weighted by molar-refractivity contribution is 9.10. The van der Waals surface area contributed by atoms with E-state index in [9.17, 15) is 5.26 Å². The Balaban J connectivity index is 1.92. The van der Waals surface area contributed by atoms with Crippen molar-refractivity contribution in [3.8, 4) is 6.07 Å². The van der Waals surface area contributed by atoms with Crippen LogP contribution in [0.15, 0.2) is 51.8 Å². The van der Waals surface area contributed by atoms with Crippen LogP contribution in [0.4, 0.5) is 5.69 Å². The molecule has 0 aliphatic carbocycles. The lowest BCUT2D eigenvalue weighted by atomic mass is 10.0. The van der Waals surface area contributed by atoms with Crippen LogP contribution in [0.3, 0.4) is 0 Å². The molecule has 1 atom stereocenters. The maximum absolute atomic E-state index is 9.25. The Bertz CT molecular complexity index is 678. The highest BCUT2D eigenvalue weighted by Gasteiger charge is 2.20. The van der Waals surface area contributed by atoms with Gasteiger partial charge in [0.15, 0.2) is 0 Å². The topological polar surface area (TPSA) is 35.8 Å². The van der Waals surface area contributed by atoms with Gasteiger partial charge in [0.05, 0.1) is 17.3 Å². The molecule has 0 amide bonds. The number of rotatable bonds is 2. The second-order valence-electron chi connectivity index (χ2n) is 4.67. The molecule has 1 heterocycles. The van der Waals surface area contributed by atoms with Crippen molar-refractivity contribution in [3.63, 3.8) is 0 Å². The predicted octanol–water partition coefficient (Wildman–Crippen LogP) is 4.97. The van der Waals surface area contributed by atoms with Crippen LogP contribution >= 0.6 is 27.7 Å². The van der Waals surface area contributed by atoms with E-state index in [1.807, 2.05) is 30.0 Å². The Labute approximate surface area is 131 Å². The summed E-state index contributed by atoms with van der Waals surface area (Å²) in [7, 11) is 0. The van der Waals surface area contributed by atoms with E-state index in [1.165, 1.54) is 10.5 Å². The summed E-state index contributed by atoms with van der Waals surface area (Å²) in [6.45, 7) is 0. The second-order valence-corrected chi connectivity index (χ2v) is 6.73. The summed E-state index contributed by atoms with van der Waals surface area (Å²) in [6, 6.07) is 16.8. The zero-order chi connectivity index (χ0) is 13.9. The molecule has 2 aromatic carbocycles. The Morgan fingerprint density at radius 1 is 1.25 bits per heavy atom. The van der Waals surface area contributed by atoms with E-state index in [0.717, 1.165) is 22.3 Å². The summed E-state index contributed by atoms with van der Waals surface area (Å²) in [5, 5.41) is 12.8. The molecule has 2 nitrogen and oxygen atoms in total. The van der Waals surface area contributed by atoms with E-state index in [1.54, 1.807) is 0 Å². The summed E-state index contributed by atoms with van der Waals surface area (Å²) in [6.07, 6.45) is 1.07. The number of hydrogen-bond donors (Lipinski definition) is 1. The minimum Gasteiger partial charge on any atom is -0.377 e. The third-order valence-electron chi connectivity index (χ3n) is 3.39. The van der Waals surface area contributed by atoms with Crippen LogP contribution in [-0.4, -0.2) is 5.75 Å². The van der Waals surface area contributed by atoms with E-state index in [-0.39, 0.29) is 6.04 Å². The zero-order valence-electron chi connectivity index (χ0n) is 10.8. The van der Waals surface area contributed by atoms with Gasteiger partial charge in [0, 0.05) is 15.1 Å². The van der Waals surface area contributed by atoms with Crippen LogP contribution in [0.2, 0.25) is 0 Å². The minimum atomic E-state index is 0.278. The molecule has 0 bridgehead atoms. The number of thioether (sulfide) groups is 1.